The maximum absolute atomic E-state index is 9.67. The molecule has 0 radical (unpaired) electrons. The van der Waals surface area contributed by atoms with Gasteiger partial charge in [0.1, 0.15) is 6.07 Å². The second kappa shape index (κ2) is 7.01. The van der Waals surface area contributed by atoms with Crippen LogP contribution in [0.2, 0.25) is 0 Å². The number of anilines is 2. The van der Waals surface area contributed by atoms with E-state index in [0.717, 1.165) is 5.69 Å². The summed E-state index contributed by atoms with van der Waals surface area (Å²) in [6.45, 7) is 0. The molecule has 0 fully saturated rings. The average molecular weight is 346 g/mol. The molecule has 1 aromatic heterocycles. The molecule has 0 saturated heterocycles. The first-order valence-corrected chi connectivity index (χ1v) is 7.29. The molecule has 0 aliphatic rings. The molecule has 0 aliphatic carbocycles. The van der Waals surface area contributed by atoms with Gasteiger partial charge in [0.15, 0.2) is 16.6 Å². The van der Waals surface area contributed by atoms with E-state index in [1.54, 1.807) is 0 Å². The molecule has 1 heterocycles. The number of rotatable bonds is 3. The standard InChI is InChI=1S/C16H11N3O2S.ClH/c17-8-11-6-10(7-14(20)15(11)21)13-9-22-16(19-13)18-12-4-2-1-3-5-12;/h1-7,9,20-21H,(H,18,19);1H. The van der Waals surface area contributed by atoms with E-state index in [0.29, 0.717) is 16.4 Å². The number of aromatic nitrogens is 1. The number of phenolic OH excluding ortho intramolecular Hbond substituents is 2. The number of halogens is 1. The van der Waals surface area contributed by atoms with Crippen LogP contribution in [0, 0.1) is 11.3 Å². The van der Waals surface area contributed by atoms with Crippen molar-refractivity contribution >= 4 is 34.6 Å². The van der Waals surface area contributed by atoms with E-state index in [1.807, 2.05) is 41.8 Å². The van der Waals surface area contributed by atoms with Crippen LogP contribution in [0.25, 0.3) is 11.3 Å². The summed E-state index contributed by atoms with van der Waals surface area (Å²) < 4.78 is 0. The Bertz CT molecular complexity index is 860. The number of para-hydroxylation sites is 1. The molecule has 0 spiro atoms. The largest absolute Gasteiger partial charge is 0.504 e. The first-order chi connectivity index (χ1) is 10.7. The number of nitriles is 1. The molecule has 0 amide bonds. The lowest BCUT2D eigenvalue weighted by Crippen LogP contribution is -1.89. The molecule has 2 aromatic carbocycles. The Hall–Kier alpha value is -2.75. The minimum absolute atomic E-state index is 0. The van der Waals surface area contributed by atoms with Gasteiger partial charge < -0.3 is 15.5 Å². The number of hydrogen-bond donors (Lipinski definition) is 3. The molecule has 0 atom stereocenters. The molecule has 23 heavy (non-hydrogen) atoms. The summed E-state index contributed by atoms with van der Waals surface area (Å²) in [5, 5.41) is 33.9. The van der Waals surface area contributed by atoms with Crippen molar-refractivity contribution in [3.63, 3.8) is 0 Å². The van der Waals surface area contributed by atoms with Gasteiger partial charge in [-0.1, -0.05) is 18.2 Å². The third kappa shape index (κ3) is 3.54. The normalized spacial score (nSPS) is 9.70. The number of thiazole rings is 1. The van der Waals surface area contributed by atoms with E-state index in [2.05, 4.69) is 10.3 Å². The fourth-order valence-electron chi connectivity index (χ4n) is 1.96. The van der Waals surface area contributed by atoms with Gasteiger partial charge in [-0.05, 0) is 24.3 Å². The molecular formula is C16H12ClN3O2S. The summed E-state index contributed by atoms with van der Waals surface area (Å²) in [5.41, 5.74) is 2.13. The summed E-state index contributed by atoms with van der Waals surface area (Å²) in [4.78, 5) is 4.43. The van der Waals surface area contributed by atoms with Crippen LogP contribution in [0.5, 0.6) is 11.5 Å². The number of aromatic hydroxyl groups is 2. The van der Waals surface area contributed by atoms with Gasteiger partial charge in [0.05, 0.1) is 11.3 Å². The average Bonchev–Trinajstić information content (AvgIpc) is 2.99. The topological polar surface area (TPSA) is 89.2 Å². The molecular weight excluding hydrogens is 334 g/mol. The molecule has 0 unspecified atom stereocenters. The maximum Gasteiger partial charge on any atom is 0.187 e. The molecule has 3 N–H and O–H groups in total. The fraction of sp³-hybridized carbons (Fsp3) is 0. The van der Waals surface area contributed by atoms with Crippen LogP contribution in [0.4, 0.5) is 10.8 Å². The van der Waals surface area contributed by atoms with E-state index in [1.165, 1.54) is 23.5 Å². The molecule has 7 heteroatoms. The van der Waals surface area contributed by atoms with Crippen molar-refractivity contribution in [2.75, 3.05) is 5.32 Å². The lowest BCUT2D eigenvalue weighted by atomic mass is 10.1. The number of benzene rings is 2. The Balaban J connectivity index is 0.00000192. The van der Waals surface area contributed by atoms with Crippen LogP contribution >= 0.6 is 23.7 Å². The molecule has 5 nitrogen and oxygen atoms in total. The van der Waals surface area contributed by atoms with Gasteiger partial charge in [-0.25, -0.2) is 4.98 Å². The summed E-state index contributed by atoms with van der Waals surface area (Å²) in [7, 11) is 0. The molecule has 3 aromatic rings. The van der Waals surface area contributed by atoms with Crippen molar-refractivity contribution in [2.24, 2.45) is 0 Å². The van der Waals surface area contributed by atoms with Crippen molar-refractivity contribution in [1.82, 2.24) is 4.98 Å². The SMILES string of the molecule is Cl.N#Cc1cc(-c2csc(Nc3ccccc3)n2)cc(O)c1O. The minimum Gasteiger partial charge on any atom is -0.504 e. The highest BCUT2D eigenvalue weighted by Gasteiger charge is 2.12. The third-order valence-electron chi connectivity index (χ3n) is 3.04. The van der Waals surface area contributed by atoms with Crippen molar-refractivity contribution < 1.29 is 10.2 Å². The highest BCUT2D eigenvalue weighted by atomic mass is 35.5. The first kappa shape index (κ1) is 16.6. The van der Waals surface area contributed by atoms with Crippen LogP contribution in [-0.4, -0.2) is 15.2 Å². The Morgan fingerprint density at radius 2 is 1.87 bits per heavy atom. The molecule has 0 bridgehead atoms. The van der Waals surface area contributed by atoms with Crippen molar-refractivity contribution in [2.45, 2.75) is 0 Å². The Kier molecular flexibility index (Phi) is 5.06. The number of nitrogens with one attached hydrogen (secondary N) is 1. The summed E-state index contributed by atoms with van der Waals surface area (Å²) in [5.74, 6) is -0.747. The van der Waals surface area contributed by atoms with Gasteiger partial charge in [-0.3, -0.25) is 0 Å². The molecule has 0 saturated carbocycles. The zero-order chi connectivity index (χ0) is 15.5. The Morgan fingerprint density at radius 3 is 2.57 bits per heavy atom. The first-order valence-electron chi connectivity index (χ1n) is 6.41. The van der Waals surface area contributed by atoms with Gasteiger partial charge in [0.25, 0.3) is 0 Å². The van der Waals surface area contributed by atoms with Gasteiger partial charge in [0.2, 0.25) is 0 Å². The van der Waals surface area contributed by atoms with Crippen LogP contribution in [0.3, 0.4) is 0 Å². The minimum atomic E-state index is -0.413. The predicted molar refractivity (Wildman–Crippen MR) is 92.6 cm³/mol. The van der Waals surface area contributed by atoms with Gasteiger partial charge >= 0.3 is 0 Å². The van der Waals surface area contributed by atoms with Crippen LogP contribution in [0.1, 0.15) is 5.56 Å². The van der Waals surface area contributed by atoms with E-state index < -0.39 is 5.75 Å². The maximum atomic E-state index is 9.67. The molecule has 116 valence electrons. The van der Waals surface area contributed by atoms with Gasteiger partial charge in [-0.2, -0.15) is 5.26 Å². The fourth-order valence-corrected chi connectivity index (χ4v) is 2.70. The van der Waals surface area contributed by atoms with E-state index >= 15 is 0 Å². The van der Waals surface area contributed by atoms with Crippen molar-refractivity contribution in [1.29, 1.82) is 5.26 Å². The second-order valence-electron chi connectivity index (χ2n) is 4.53. The number of hydrogen-bond acceptors (Lipinski definition) is 6. The predicted octanol–water partition coefficient (Wildman–Crippen LogP) is 4.26. The summed E-state index contributed by atoms with van der Waals surface area (Å²) in [6, 6.07) is 14.4. The summed E-state index contributed by atoms with van der Waals surface area (Å²) >= 11 is 1.41. The lowest BCUT2D eigenvalue weighted by Gasteiger charge is -2.03. The highest BCUT2D eigenvalue weighted by molar-refractivity contribution is 7.14. The van der Waals surface area contributed by atoms with Crippen molar-refractivity contribution in [3.05, 3.63) is 53.4 Å². The monoisotopic (exact) mass is 345 g/mol. The van der Waals surface area contributed by atoms with E-state index in [-0.39, 0.29) is 23.7 Å². The van der Waals surface area contributed by atoms with Gasteiger partial charge in [-0.15, -0.1) is 23.7 Å². The van der Waals surface area contributed by atoms with E-state index in [4.69, 9.17) is 5.26 Å². The third-order valence-corrected chi connectivity index (χ3v) is 3.79. The zero-order valence-electron chi connectivity index (χ0n) is 11.7. The molecule has 0 aliphatic heterocycles. The van der Waals surface area contributed by atoms with Crippen LogP contribution in [-0.2, 0) is 0 Å². The number of nitrogens with zero attached hydrogens (tertiary/aromatic N) is 2. The van der Waals surface area contributed by atoms with Crippen LogP contribution < -0.4 is 5.32 Å². The lowest BCUT2D eigenvalue weighted by molar-refractivity contribution is 0.403. The Labute approximate surface area is 142 Å². The van der Waals surface area contributed by atoms with Crippen molar-refractivity contribution in [3.8, 4) is 28.8 Å². The van der Waals surface area contributed by atoms with Crippen LogP contribution in [0.15, 0.2) is 47.8 Å². The number of phenols is 2. The smallest absolute Gasteiger partial charge is 0.187 e. The summed E-state index contributed by atoms with van der Waals surface area (Å²) in [6.07, 6.45) is 0. The quantitative estimate of drug-likeness (QED) is 0.617. The Morgan fingerprint density at radius 1 is 1.13 bits per heavy atom. The second-order valence-corrected chi connectivity index (χ2v) is 5.39. The zero-order valence-corrected chi connectivity index (χ0v) is 13.4. The molecule has 3 rings (SSSR count). The van der Waals surface area contributed by atoms with Gasteiger partial charge in [0, 0.05) is 16.6 Å². The van der Waals surface area contributed by atoms with E-state index in [9.17, 15) is 10.2 Å². The highest BCUT2D eigenvalue weighted by Crippen LogP contribution is 2.35.